The normalized spacial score (nSPS) is 16.0. The molecule has 1 aliphatic rings. The molecule has 3 nitrogen and oxygen atoms in total. The maximum Gasteiger partial charge on any atom is 0.256 e. The van der Waals surface area contributed by atoms with E-state index in [4.69, 9.17) is 11.6 Å². The van der Waals surface area contributed by atoms with Crippen LogP contribution in [0.2, 0.25) is 5.02 Å². The van der Waals surface area contributed by atoms with Gasteiger partial charge in [-0.3, -0.25) is 4.79 Å². The fourth-order valence-corrected chi connectivity index (χ4v) is 3.13. The van der Waals surface area contributed by atoms with Crippen molar-refractivity contribution in [2.45, 2.75) is 26.2 Å². The highest BCUT2D eigenvalue weighted by atomic mass is 35.5. The molecule has 0 bridgehead atoms. The molecule has 0 spiro atoms. The molecule has 3 rings (SSSR count). The number of hydrogen-bond donors (Lipinski definition) is 1. The lowest BCUT2D eigenvalue weighted by molar-refractivity contribution is 0.0725. The summed E-state index contributed by atoms with van der Waals surface area (Å²) < 4.78 is 0. The van der Waals surface area contributed by atoms with Gasteiger partial charge in [0.25, 0.3) is 5.91 Å². The van der Waals surface area contributed by atoms with E-state index >= 15 is 0 Å². The van der Waals surface area contributed by atoms with Gasteiger partial charge in [-0.05, 0) is 38.3 Å². The minimum atomic E-state index is 0.108. The zero-order chi connectivity index (χ0) is 13.4. The van der Waals surface area contributed by atoms with Crippen LogP contribution in [-0.2, 0) is 0 Å². The predicted octanol–water partition coefficient (Wildman–Crippen LogP) is 3.76. The van der Waals surface area contributed by atoms with E-state index in [0.717, 1.165) is 48.1 Å². The number of H-pyrrole nitrogens is 1. The highest BCUT2D eigenvalue weighted by molar-refractivity contribution is 6.37. The Kier molecular flexibility index (Phi) is 3.23. The predicted molar refractivity (Wildman–Crippen MR) is 77.8 cm³/mol. The number of aryl methyl sites for hydroxylation is 1. The highest BCUT2D eigenvalue weighted by Crippen LogP contribution is 2.30. The number of rotatable bonds is 1. The number of carbonyl (C=O) groups excluding carboxylic acids is 1. The van der Waals surface area contributed by atoms with E-state index in [-0.39, 0.29) is 5.91 Å². The van der Waals surface area contributed by atoms with Crippen molar-refractivity contribution in [2.24, 2.45) is 0 Å². The first-order valence-electron chi connectivity index (χ1n) is 6.74. The molecule has 0 atom stereocenters. The SMILES string of the molecule is Cc1[nH]c2cccc(Cl)c2c1C(=O)N1CCCCC1. The van der Waals surface area contributed by atoms with Crippen molar-refractivity contribution in [2.75, 3.05) is 13.1 Å². The van der Waals surface area contributed by atoms with Gasteiger partial charge >= 0.3 is 0 Å². The van der Waals surface area contributed by atoms with Crippen molar-refractivity contribution in [1.82, 2.24) is 9.88 Å². The summed E-state index contributed by atoms with van der Waals surface area (Å²) in [5.41, 5.74) is 2.58. The molecule has 1 N–H and O–H groups in total. The quantitative estimate of drug-likeness (QED) is 0.846. The van der Waals surface area contributed by atoms with Crippen LogP contribution in [0.1, 0.15) is 35.3 Å². The lowest BCUT2D eigenvalue weighted by atomic mass is 10.1. The second kappa shape index (κ2) is 4.89. The molecule has 0 unspecified atom stereocenters. The van der Waals surface area contributed by atoms with E-state index in [0.29, 0.717) is 5.02 Å². The number of piperidine rings is 1. The van der Waals surface area contributed by atoms with Gasteiger partial charge in [0, 0.05) is 29.7 Å². The van der Waals surface area contributed by atoms with E-state index in [9.17, 15) is 4.79 Å². The first kappa shape index (κ1) is 12.5. The Labute approximate surface area is 117 Å². The molecule has 100 valence electrons. The van der Waals surface area contributed by atoms with Gasteiger partial charge in [0.15, 0.2) is 0 Å². The minimum absolute atomic E-state index is 0.108. The Morgan fingerprint density at radius 2 is 2.00 bits per heavy atom. The summed E-state index contributed by atoms with van der Waals surface area (Å²) in [4.78, 5) is 17.9. The van der Waals surface area contributed by atoms with Crippen LogP contribution >= 0.6 is 11.6 Å². The van der Waals surface area contributed by atoms with Crippen molar-refractivity contribution in [3.63, 3.8) is 0 Å². The van der Waals surface area contributed by atoms with Crippen LogP contribution in [0.3, 0.4) is 0 Å². The van der Waals surface area contributed by atoms with E-state index in [1.54, 1.807) is 0 Å². The molecule has 1 aromatic carbocycles. The lowest BCUT2D eigenvalue weighted by Crippen LogP contribution is -2.35. The maximum atomic E-state index is 12.7. The average molecular weight is 277 g/mol. The van der Waals surface area contributed by atoms with Crippen LogP contribution in [0.25, 0.3) is 10.9 Å². The summed E-state index contributed by atoms with van der Waals surface area (Å²) >= 11 is 6.27. The van der Waals surface area contributed by atoms with Crippen LogP contribution < -0.4 is 0 Å². The van der Waals surface area contributed by atoms with E-state index in [1.165, 1.54) is 6.42 Å². The Hall–Kier alpha value is -1.48. The largest absolute Gasteiger partial charge is 0.358 e. The minimum Gasteiger partial charge on any atom is -0.358 e. The smallest absolute Gasteiger partial charge is 0.256 e. The van der Waals surface area contributed by atoms with Crippen molar-refractivity contribution in [1.29, 1.82) is 0 Å². The summed E-state index contributed by atoms with van der Waals surface area (Å²) in [6, 6.07) is 5.70. The van der Waals surface area contributed by atoms with Gasteiger partial charge in [-0.2, -0.15) is 0 Å². The number of likely N-dealkylation sites (tertiary alicyclic amines) is 1. The molecule has 1 aliphatic heterocycles. The Morgan fingerprint density at radius 3 is 2.74 bits per heavy atom. The van der Waals surface area contributed by atoms with Gasteiger partial charge in [0.1, 0.15) is 0 Å². The van der Waals surface area contributed by atoms with Gasteiger partial charge < -0.3 is 9.88 Å². The summed E-state index contributed by atoms with van der Waals surface area (Å²) in [5, 5.41) is 1.50. The number of aromatic nitrogens is 1. The molecule has 2 aromatic rings. The van der Waals surface area contributed by atoms with E-state index in [2.05, 4.69) is 4.98 Å². The Balaban J connectivity index is 2.08. The average Bonchev–Trinajstić information content (AvgIpc) is 2.76. The van der Waals surface area contributed by atoms with Crippen molar-refractivity contribution >= 4 is 28.4 Å². The highest BCUT2D eigenvalue weighted by Gasteiger charge is 2.24. The zero-order valence-electron chi connectivity index (χ0n) is 11.0. The van der Waals surface area contributed by atoms with Gasteiger partial charge in [0.05, 0.1) is 10.6 Å². The molecule has 0 radical (unpaired) electrons. The third-order valence-corrected chi connectivity index (χ3v) is 4.13. The number of fused-ring (bicyclic) bond motifs is 1. The second-order valence-corrected chi connectivity index (χ2v) is 5.55. The van der Waals surface area contributed by atoms with Crippen molar-refractivity contribution in [3.05, 3.63) is 34.5 Å². The fraction of sp³-hybridized carbons (Fsp3) is 0.400. The molecular formula is C15H17ClN2O. The monoisotopic (exact) mass is 276 g/mol. The first-order chi connectivity index (χ1) is 9.18. The summed E-state index contributed by atoms with van der Waals surface area (Å²) in [7, 11) is 0. The molecule has 1 fully saturated rings. The van der Waals surface area contributed by atoms with Crippen molar-refractivity contribution < 1.29 is 4.79 Å². The molecule has 0 aliphatic carbocycles. The van der Waals surface area contributed by atoms with Crippen LogP contribution in [0.15, 0.2) is 18.2 Å². The number of carbonyl (C=O) groups is 1. The molecule has 4 heteroatoms. The van der Waals surface area contributed by atoms with Crippen LogP contribution in [0, 0.1) is 6.92 Å². The lowest BCUT2D eigenvalue weighted by Gasteiger charge is -2.26. The molecular weight excluding hydrogens is 260 g/mol. The molecule has 2 heterocycles. The first-order valence-corrected chi connectivity index (χ1v) is 7.12. The number of benzene rings is 1. The van der Waals surface area contributed by atoms with Gasteiger partial charge in [-0.25, -0.2) is 0 Å². The van der Waals surface area contributed by atoms with Gasteiger partial charge in [0.2, 0.25) is 0 Å². The number of nitrogens with one attached hydrogen (secondary N) is 1. The van der Waals surface area contributed by atoms with Gasteiger partial charge in [-0.1, -0.05) is 17.7 Å². The molecule has 0 saturated carbocycles. The molecule has 19 heavy (non-hydrogen) atoms. The summed E-state index contributed by atoms with van der Waals surface area (Å²) in [5.74, 6) is 0.108. The van der Waals surface area contributed by atoms with Crippen LogP contribution in [-0.4, -0.2) is 28.9 Å². The number of nitrogens with zero attached hydrogens (tertiary/aromatic N) is 1. The molecule has 1 amide bonds. The zero-order valence-corrected chi connectivity index (χ0v) is 11.8. The third kappa shape index (κ3) is 2.12. The topological polar surface area (TPSA) is 36.1 Å². The number of halogens is 1. The van der Waals surface area contributed by atoms with Gasteiger partial charge in [-0.15, -0.1) is 0 Å². The number of hydrogen-bond acceptors (Lipinski definition) is 1. The number of aromatic amines is 1. The fourth-order valence-electron chi connectivity index (χ4n) is 2.86. The maximum absolute atomic E-state index is 12.7. The Bertz CT molecular complexity index is 626. The standard InChI is InChI=1S/C15H17ClN2O/c1-10-13(15(19)18-8-3-2-4-9-18)14-11(16)6-5-7-12(14)17-10/h5-7,17H,2-4,8-9H2,1H3. The third-order valence-electron chi connectivity index (χ3n) is 3.82. The van der Waals surface area contributed by atoms with Crippen LogP contribution in [0.4, 0.5) is 0 Å². The van der Waals surface area contributed by atoms with E-state index < -0.39 is 0 Å². The molecule has 1 saturated heterocycles. The Morgan fingerprint density at radius 1 is 1.26 bits per heavy atom. The second-order valence-electron chi connectivity index (χ2n) is 5.14. The summed E-state index contributed by atoms with van der Waals surface area (Å²) in [6.45, 7) is 3.65. The van der Waals surface area contributed by atoms with Crippen LogP contribution in [0.5, 0.6) is 0 Å². The van der Waals surface area contributed by atoms with Crippen molar-refractivity contribution in [3.8, 4) is 0 Å². The number of amides is 1. The summed E-state index contributed by atoms with van der Waals surface area (Å²) in [6.07, 6.45) is 3.42. The molecule has 1 aromatic heterocycles. The van der Waals surface area contributed by atoms with E-state index in [1.807, 2.05) is 30.0 Å².